The van der Waals surface area contributed by atoms with Crippen molar-refractivity contribution in [3.63, 3.8) is 0 Å². The second-order valence-electron chi connectivity index (χ2n) is 5.01. The van der Waals surface area contributed by atoms with Crippen molar-refractivity contribution in [1.82, 2.24) is 4.98 Å². The Morgan fingerprint density at radius 2 is 1.67 bits per heavy atom. The lowest BCUT2D eigenvalue weighted by Crippen LogP contribution is -2.10. The number of nitrogens with zero attached hydrogens (tertiary/aromatic N) is 1. The Morgan fingerprint density at radius 1 is 1.00 bits per heavy atom. The Morgan fingerprint density at radius 3 is 2.26 bits per heavy atom. The average Bonchev–Trinajstić information content (AvgIpc) is 2.58. The molecule has 0 fully saturated rings. The Balaban J connectivity index is 1.82. The first-order valence-corrected chi connectivity index (χ1v) is 8.61. The highest BCUT2D eigenvalue weighted by molar-refractivity contribution is 6.55. The molecule has 0 atom stereocenters. The van der Waals surface area contributed by atoms with Crippen LogP contribution in [0, 0.1) is 0 Å². The Labute approximate surface area is 168 Å². The van der Waals surface area contributed by atoms with Crippen LogP contribution in [0.15, 0.2) is 47.1 Å². The van der Waals surface area contributed by atoms with E-state index in [4.69, 9.17) is 49.0 Å². The Hall–Kier alpha value is -1.83. The number of hydrogen-bond donors (Lipinski definition) is 0. The molecule has 0 radical (unpaired) electrons. The van der Waals surface area contributed by atoms with Crippen molar-refractivity contribution in [2.75, 3.05) is 19.8 Å². The second kappa shape index (κ2) is 9.92. The zero-order valence-electron chi connectivity index (χ0n) is 13.6. The van der Waals surface area contributed by atoms with Gasteiger partial charge in [-0.3, -0.25) is 0 Å². The molecule has 0 saturated carbocycles. The van der Waals surface area contributed by atoms with Gasteiger partial charge in [0, 0.05) is 23.4 Å². The molecule has 0 spiro atoms. The van der Waals surface area contributed by atoms with Crippen molar-refractivity contribution in [1.29, 1.82) is 0 Å². The van der Waals surface area contributed by atoms with Crippen molar-refractivity contribution in [2.24, 2.45) is 0 Å². The highest BCUT2D eigenvalue weighted by Gasteiger charge is 2.30. The fraction of sp³-hybridized carbons (Fsp3) is 0.235. The van der Waals surface area contributed by atoms with Crippen LogP contribution in [0.25, 0.3) is 0 Å². The molecule has 0 saturated heterocycles. The van der Waals surface area contributed by atoms with Gasteiger partial charge in [-0.05, 0) is 24.3 Å². The van der Waals surface area contributed by atoms with Gasteiger partial charge in [-0.2, -0.15) is 13.2 Å². The average molecular weight is 443 g/mol. The molecular formula is C17H13Cl3F3NO3. The summed E-state index contributed by atoms with van der Waals surface area (Å²) in [5.74, 6) is 0.947. The van der Waals surface area contributed by atoms with E-state index >= 15 is 0 Å². The summed E-state index contributed by atoms with van der Waals surface area (Å²) < 4.78 is 53.6. The third-order valence-corrected chi connectivity index (χ3v) is 3.52. The van der Waals surface area contributed by atoms with Gasteiger partial charge in [0.25, 0.3) is 0 Å². The van der Waals surface area contributed by atoms with E-state index in [2.05, 4.69) is 4.98 Å². The number of ether oxygens (including phenoxy) is 3. The highest BCUT2D eigenvalue weighted by atomic mass is 35.5. The monoisotopic (exact) mass is 441 g/mol. The van der Waals surface area contributed by atoms with Crippen LogP contribution in [-0.2, 0) is 6.18 Å². The molecule has 10 heteroatoms. The number of rotatable bonds is 8. The zero-order valence-corrected chi connectivity index (χ0v) is 15.9. The van der Waals surface area contributed by atoms with Crippen LogP contribution in [0.4, 0.5) is 13.2 Å². The smallest absolute Gasteiger partial charge is 0.417 e. The molecule has 0 bridgehead atoms. The standard InChI is InChI=1S/C17H13Cl3F3NO3/c18-12-7-13(25-4-3-15(19)20)9-14(8-12)26-5-6-27-16-2-1-11(10-24-16)17(21,22)23/h1-3,7-10H,4-6H2. The topological polar surface area (TPSA) is 40.6 Å². The lowest BCUT2D eigenvalue weighted by molar-refractivity contribution is -0.137. The summed E-state index contributed by atoms with van der Waals surface area (Å²) >= 11 is 17.0. The maximum absolute atomic E-state index is 12.5. The molecule has 0 aliphatic heterocycles. The number of alkyl halides is 3. The van der Waals surface area contributed by atoms with Gasteiger partial charge < -0.3 is 14.2 Å². The SMILES string of the molecule is FC(F)(F)c1ccc(OCCOc2cc(Cl)cc(OCC=C(Cl)Cl)c2)nc1. The van der Waals surface area contributed by atoms with Crippen molar-refractivity contribution in [3.05, 3.63) is 57.7 Å². The molecule has 0 aliphatic carbocycles. The molecule has 1 heterocycles. The summed E-state index contributed by atoms with van der Waals surface area (Å²) in [6.45, 7) is 0.354. The molecule has 0 amide bonds. The summed E-state index contributed by atoms with van der Waals surface area (Å²) in [6, 6.07) is 6.81. The highest BCUT2D eigenvalue weighted by Crippen LogP contribution is 2.29. The number of benzene rings is 1. The van der Waals surface area contributed by atoms with Crippen LogP contribution in [-0.4, -0.2) is 24.8 Å². The third-order valence-electron chi connectivity index (χ3n) is 3.00. The minimum absolute atomic E-state index is 0.0615. The molecule has 146 valence electrons. The minimum Gasteiger partial charge on any atom is -0.490 e. The predicted octanol–water partition coefficient (Wildman–Crippen LogP) is 5.91. The van der Waals surface area contributed by atoms with Gasteiger partial charge in [0.15, 0.2) is 0 Å². The molecule has 1 aromatic carbocycles. The lowest BCUT2D eigenvalue weighted by Gasteiger charge is -2.11. The molecule has 27 heavy (non-hydrogen) atoms. The molecule has 0 unspecified atom stereocenters. The van der Waals surface area contributed by atoms with E-state index < -0.39 is 11.7 Å². The minimum atomic E-state index is -4.44. The van der Waals surface area contributed by atoms with Crippen LogP contribution >= 0.6 is 34.8 Å². The predicted molar refractivity (Wildman–Crippen MR) is 97.0 cm³/mol. The largest absolute Gasteiger partial charge is 0.490 e. The molecule has 4 nitrogen and oxygen atoms in total. The van der Waals surface area contributed by atoms with E-state index in [-0.39, 0.29) is 30.2 Å². The summed E-state index contributed by atoms with van der Waals surface area (Å²) in [6.07, 6.45) is -2.26. The van der Waals surface area contributed by atoms with Crippen LogP contribution in [0.3, 0.4) is 0 Å². The van der Waals surface area contributed by atoms with E-state index in [1.165, 1.54) is 6.08 Å². The molecule has 1 aromatic heterocycles. The molecule has 2 rings (SSSR count). The zero-order chi connectivity index (χ0) is 19.9. The molecule has 2 aromatic rings. The van der Waals surface area contributed by atoms with Crippen LogP contribution in [0.1, 0.15) is 5.56 Å². The first-order valence-electron chi connectivity index (χ1n) is 7.47. The molecule has 0 N–H and O–H groups in total. The number of pyridine rings is 1. The normalized spacial score (nSPS) is 11.0. The van der Waals surface area contributed by atoms with Gasteiger partial charge >= 0.3 is 6.18 Å². The van der Waals surface area contributed by atoms with E-state index in [0.29, 0.717) is 22.7 Å². The fourth-order valence-electron chi connectivity index (χ4n) is 1.84. The lowest BCUT2D eigenvalue weighted by atomic mass is 10.3. The summed E-state index contributed by atoms with van der Waals surface area (Å²) in [7, 11) is 0. The summed E-state index contributed by atoms with van der Waals surface area (Å²) in [4.78, 5) is 3.60. The number of halogens is 6. The second-order valence-corrected chi connectivity index (χ2v) is 6.45. The van der Waals surface area contributed by atoms with Crippen molar-refractivity contribution < 1.29 is 27.4 Å². The third kappa shape index (κ3) is 7.74. The van der Waals surface area contributed by atoms with Crippen molar-refractivity contribution in [2.45, 2.75) is 6.18 Å². The van der Waals surface area contributed by atoms with Gasteiger partial charge in [0.2, 0.25) is 5.88 Å². The van der Waals surface area contributed by atoms with Gasteiger partial charge in [0.1, 0.15) is 35.8 Å². The van der Waals surface area contributed by atoms with Gasteiger partial charge in [0.05, 0.1) is 5.56 Å². The van der Waals surface area contributed by atoms with Crippen molar-refractivity contribution in [3.8, 4) is 17.4 Å². The first kappa shape index (κ1) is 21.5. The van der Waals surface area contributed by atoms with E-state index in [1.807, 2.05) is 0 Å². The summed E-state index contributed by atoms with van der Waals surface area (Å²) in [5.41, 5.74) is -0.845. The van der Waals surface area contributed by atoms with Crippen LogP contribution in [0.2, 0.25) is 5.02 Å². The summed E-state index contributed by atoms with van der Waals surface area (Å²) in [5, 5.41) is 0.397. The fourth-order valence-corrected chi connectivity index (χ4v) is 2.18. The quantitative estimate of drug-likeness (QED) is 0.477. The van der Waals surface area contributed by atoms with Crippen molar-refractivity contribution >= 4 is 34.8 Å². The van der Waals surface area contributed by atoms with Gasteiger partial charge in [-0.1, -0.05) is 34.8 Å². The van der Waals surface area contributed by atoms with Crippen LogP contribution < -0.4 is 14.2 Å². The maximum atomic E-state index is 12.5. The number of aromatic nitrogens is 1. The van der Waals surface area contributed by atoms with Crippen LogP contribution in [0.5, 0.6) is 17.4 Å². The Bertz CT molecular complexity index is 779. The first-order chi connectivity index (χ1) is 12.7. The maximum Gasteiger partial charge on any atom is 0.417 e. The van der Waals surface area contributed by atoms with E-state index in [9.17, 15) is 13.2 Å². The molecular weight excluding hydrogens is 430 g/mol. The van der Waals surface area contributed by atoms with E-state index in [1.54, 1.807) is 18.2 Å². The number of hydrogen-bond acceptors (Lipinski definition) is 4. The Kier molecular flexibility index (Phi) is 7.89. The van der Waals surface area contributed by atoms with Gasteiger partial charge in [-0.25, -0.2) is 4.98 Å². The molecule has 0 aliphatic rings. The van der Waals surface area contributed by atoms with E-state index in [0.717, 1.165) is 12.1 Å². The van der Waals surface area contributed by atoms with Gasteiger partial charge in [-0.15, -0.1) is 0 Å².